The van der Waals surface area contributed by atoms with Gasteiger partial charge in [0.05, 0.1) is 6.54 Å². The van der Waals surface area contributed by atoms with Crippen LogP contribution < -0.4 is 10.2 Å². The number of benzene rings is 2. The van der Waals surface area contributed by atoms with E-state index in [0.717, 1.165) is 24.3 Å². The smallest absolute Gasteiger partial charge is 0.238 e. The molecule has 0 spiro atoms. The van der Waals surface area contributed by atoms with Gasteiger partial charge in [0.25, 0.3) is 0 Å². The number of carbonyl (C=O) groups is 1. The van der Waals surface area contributed by atoms with E-state index in [0.29, 0.717) is 6.54 Å². The van der Waals surface area contributed by atoms with Crippen LogP contribution in [-0.4, -0.2) is 38.0 Å². The van der Waals surface area contributed by atoms with E-state index in [1.807, 2.05) is 33.2 Å². The molecule has 0 heterocycles. The number of hydrogen-bond donors (Lipinski definition) is 1. The molecule has 134 valence electrons. The van der Waals surface area contributed by atoms with E-state index >= 15 is 0 Å². The summed E-state index contributed by atoms with van der Waals surface area (Å²) in [6.45, 7) is 8.14. The second-order valence-electron chi connectivity index (χ2n) is 6.73. The molecule has 0 aliphatic rings. The number of hydrogen-bond acceptors (Lipinski definition) is 3. The SMILES string of the molecule is CCN(CC(=O)Nc1ccc(C)cc1C)Cc1ccc(N(C)C)cc1. The first kappa shape index (κ1) is 19.0. The predicted octanol–water partition coefficient (Wildman–Crippen LogP) is 3.83. The summed E-state index contributed by atoms with van der Waals surface area (Å²) in [6, 6.07) is 14.5. The van der Waals surface area contributed by atoms with E-state index in [1.54, 1.807) is 0 Å². The average molecular weight is 339 g/mol. The lowest BCUT2D eigenvalue weighted by atomic mass is 10.1. The van der Waals surface area contributed by atoms with Gasteiger partial charge in [-0.3, -0.25) is 9.69 Å². The highest BCUT2D eigenvalue weighted by Gasteiger charge is 2.11. The van der Waals surface area contributed by atoms with Crippen molar-refractivity contribution in [3.63, 3.8) is 0 Å². The molecule has 25 heavy (non-hydrogen) atoms. The summed E-state index contributed by atoms with van der Waals surface area (Å²) in [7, 11) is 4.06. The van der Waals surface area contributed by atoms with Crippen molar-refractivity contribution in [3.8, 4) is 0 Å². The van der Waals surface area contributed by atoms with Crippen LogP contribution in [0, 0.1) is 13.8 Å². The monoisotopic (exact) mass is 339 g/mol. The summed E-state index contributed by atoms with van der Waals surface area (Å²) in [5.41, 5.74) is 5.58. The molecular weight excluding hydrogens is 310 g/mol. The minimum Gasteiger partial charge on any atom is -0.378 e. The molecule has 2 aromatic carbocycles. The summed E-state index contributed by atoms with van der Waals surface area (Å²) in [6.07, 6.45) is 0. The molecule has 0 unspecified atom stereocenters. The Hall–Kier alpha value is -2.33. The van der Waals surface area contributed by atoms with Gasteiger partial charge in [0.1, 0.15) is 0 Å². The van der Waals surface area contributed by atoms with Crippen molar-refractivity contribution < 1.29 is 4.79 Å². The number of aryl methyl sites for hydroxylation is 2. The van der Waals surface area contributed by atoms with Gasteiger partial charge in [-0.15, -0.1) is 0 Å². The lowest BCUT2D eigenvalue weighted by molar-refractivity contribution is -0.117. The minimum atomic E-state index is 0.0266. The van der Waals surface area contributed by atoms with Crippen LogP contribution >= 0.6 is 0 Å². The van der Waals surface area contributed by atoms with Gasteiger partial charge in [-0.2, -0.15) is 0 Å². The molecule has 0 fully saturated rings. The molecule has 0 radical (unpaired) electrons. The molecule has 0 aliphatic carbocycles. The fraction of sp³-hybridized carbons (Fsp3) is 0.381. The number of carbonyl (C=O) groups excluding carboxylic acids is 1. The van der Waals surface area contributed by atoms with Crippen LogP contribution in [0.5, 0.6) is 0 Å². The molecule has 0 bridgehead atoms. The van der Waals surface area contributed by atoms with Crippen LogP contribution in [0.4, 0.5) is 11.4 Å². The summed E-state index contributed by atoms with van der Waals surface area (Å²) in [5.74, 6) is 0.0266. The fourth-order valence-corrected chi connectivity index (χ4v) is 2.78. The lowest BCUT2D eigenvalue weighted by Crippen LogP contribution is -2.32. The van der Waals surface area contributed by atoms with Gasteiger partial charge in [0.15, 0.2) is 0 Å². The Morgan fingerprint density at radius 3 is 2.28 bits per heavy atom. The summed E-state index contributed by atoms with van der Waals surface area (Å²) in [5, 5.41) is 3.02. The Labute approximate surface area is 151 Å². The van der Waals surface area contributed by atoms with Gasteiger partial charge in [-0.1, -0.05) is 36.8 Å². The van der Waals surface area contributed by atoms with Crippen LogP contribution in [0.15, 0.2) is 42.5 Å². The lowest BCUT2D eigenvalue weighted by Gasteiger charge is -2.21. The third-order valence-electron chi connectivity index (χ3n) is 4.33. The third kappa shape index (κ3) is 5.61. The van der Waals surface area contributed by atoms with Crippen molar-refractivity contribution >= 4 is 17.3 Å². The number of anilines is 2. The first-order valence-corrected chi connectivity index (χ1v) is 8.74. The molecule has 4 nitrogen and oxygen atoms in total. The number of nitrogens with one attached hydrogen (secondary N) is 1. The van der Waals surface area contributed by atoms with Crippen LogP contribution in [0.2, 0.25) is 0 Å². The van der Waals surface area contributed by atoms with Gasteiger partial charge < -0.3 is 10.2 Å². The molecule has 1 amide bonds. The molecule has 0 aliphatic heterocycles. The molecule has 4 heteroatoms. The minimum absolute atomic E-state index is 0.0266. The second kappa shape index (κ2) is 8.67. The van der Waals surface area contributed by atoms with Crippen LogP contribution in [0.25, 0.3) is 0 Å². The molecule has 0 atom stereocenters. The Balaban J connectivity index is 1.95. The normalized spacial score (nSPS) is 10.8. The standard InChI is InChI=1S/C21H29N3O/c1-6-24(14-18-8-10-19(11-9-18)23(4)5)15-21(25)22-20-12-7-16(2)13-17(20)3/h7-13H,6,14-15H2,1-5H3,(H,22,25). The van der Waals surface area contributed by atoms with E-state index < -0.39 is 0 Å². The summed E-state index contributed by atoms with van der Waals surface area (Å²) < 4.78 is 0. The Kier molecular flexibility index (Phi) is 6.59. The molecule has 0 aromatic heterocycles. The van der Waals surface area contributed by atoms with E-state index in [2.05, 4.69) is 59.3 Å². The third-order valence-corrected chi connectivity index (χ3v) is 4.33. The van der Waals surface area contributed by atoms with Crippen molar-refractivity contribution in [1.29, 1.82) is 0 Å². The Morgan fingerprint density at radius 2 is 1.72 bits per heavy atom. The van der Waals surface area contributed by atoms with Crippen LogP contribution in [-0.2, 0) is 11.3 Å². The average Bonchev–Trinajstić information content (AvgIpc) is 2.57. The van der Waals surface area contributed by atoms with Gasteiger partial charge in [0.2, 0.25) is 5.91 Å². The molecule has 2 aromatic rings. The number of amides is 1. The first-order valence-electron chi connectivity index (χ1n) is 8.74. The zero-order valence-corrected chi connectivity index (χ0v) is 16.0. The Bertz CT molecular complexity index is 708. The van der Waals surface area contributed by atoms with Gasteiger partial charge in [0, 0.05) is 32.0 Å². The van der Waals surface area contributed by atoms with Gasteiger partial charge in [-0.25, -0.2) is 0 Å². The molecular formula is C21H29N3O. The molecule has 0 saturated carbocycles. The Morgan fingerprint density at radius 1 is 1.04 bits per heavy atom. The zero-order valence-electron chi connectivity index (χ0n) is 16.0. The maximum atomic E-state index is 12.4. The fourth-order valence-electron chi connectivity index (χ4n) is 2.78. The molecule has 1 N–H and O–H groups in total. The van der Waals surface area contributed by atoms with Crippen molar-refractivity contribution in [2.45, 2.75) is 27.3 Å². The number of nitrogens with zero attached hydrogens (tertiary/aromatic N) is 2. The highest BCUT2D eigenvalue weighted by Crippen LogP contribution is 2.17. The quantitative estimate of drug-likeness (QED) is 0.833. The highest BCUT2D eigenvalue weighted by molar-refractivity contribution is 5.93. The van der Waals surface area contributed by atoms with Gasteiger partial charge >= 0.3 is 0 Å². The highest BCUT2D eigenvalue weighted by atomic mass is 16.2. The topological polar surface area (TPSA) is 35.6 Å². The van der Waals surface area contributed by atoms with Crippen LogP contribution in [0.3, 0.4) is 0 Å². The maximum absolute atomic E-state index is 12.4. The summed E-state index contributed by atoms with van der Waals surface area (Å²) >= 11 is 0. The van der Waals surface area contributed by atoms with E-state index in [9.17, 15) is 4.79 Å². The van der Waals surface area contributed by atoms with Crippen LogP contribution in [0.1, 0.15) is 23.6 Å². The van der Waals surface area contributed by atoms with E-state index in [-0.39, 0.29) is 5.91 Å². The maximum Gasteiger partial charge on any atom is 0.238 e. The number of likely N-dealkylation sites (N-methyl/N-ethyl adjacent to an activating group) is 1. The largest absolute Gasteiger partial charge is 0.378 e. The summed E-state index contributed by atoms with van der Waals surface area (Å²) in [4.78, 5) is 16.6. The van der Waals surface area contributed by atoms with Crippen molar-refractivity contribution in [2.75, 3.05) is 37.4 Å². The molecule has 2 rings (SSSR count). The molecule has 0 saturated heterocycles. The van der Waals surface area contributed by atoms with Crippen molar-refractivity contribution in [1.82, 2.24) is 4.90 Å². The predicted molar refractivity (Wildman–Crippen MR) is 106 cm³/mol. The first-order chi connectivity index (χ1) is 11.9. The second-order valence-corrected chi connectivity index (χ2v) is 6.73. The van der Waals surface area contributed by atoms with Gasteiger partial charge in [-0.05, 0) is 49.7 Å². The zero-order chi connectivity index (χ0) is 18.4. The number of rotatable bonds is 7. The van der Waals surface area contributed by atoms with Crippen molar-refractivity contribution in [3.05, 3.63) is 59.2 Å². The van der Waals surface area contributed by atoms with Crippen molar-refractivity contribution in [2.24, 2.45) is 0 Å². The van der Waals surface area contributed by atoms with E-state index in [1.165, 1.54) is 16.8 Å². The van der Waals surface area contributed by atoms with E-state index in [4.69, 9.17) is 0 Å².